The van der Waals surface area contributed by atoms with E-state index in [0.29, 0.717) is 12.6 Å². The van der Waals surface area contributed by atoms with Crippen molar-refractivity contribution in [1.82, 2.24) is 10.2 Å². The van der Waals surface area contributed by atoms with Crippen molar-refractivity contribution in [3.63, 3.8) is 0 Å². The smallest absolute Gasteiger partial charge is 0.311 e. The van der Waals surface area contributed by atoms with E-state index in [2.05, 4.69) is 17.1 Å². The second kappa shape index (κ2) is 6.59. The Balaban J connectivity index is 1.76. The summed E-state index contributed by atoms with van der Waals surface area (Å²) in [6, 6.07) is 5.83. The first-order valence-corrected chi connectivity index (χ1v) is 7.08. The van der Waals surface area contributed by atoms with Crippen molar-refractivity contribution in [3.05, 3.63) is 35.4 Å². The van der Waals surface area contributed by atoms with E-state index >= 15 is 0 Å². The summed E-state index contributed by atoms with van der Waals surface area (Å²) in [6.07, 6.45) is -1.72. The highest BCUT2D eigenvalue weighted by molar-refractivity contribution is 5.24. The van der Waals surface area contributed by atoms with Crippen molar-refractivity contribution >= 4 is 0 Å². The molecular weight excluding hydrogens is 265 g/mol. The number of alkyl halides is 3. The third-order valence-corrected chi connectivity index (χ3v) is 3.81. The maximum absolute atomic E-state index is 12.4. The van der Waals surface area contributed by atoms with Crippen molar-refractivity contribution < 1.29 is 13.2 Å². The minimum absolute atomic E-state index is 0.479. The van der Waals surface area contributed by atoms with Crippen LogP contribution in [0.4, 0.5) is 13.2 Å². The number of benzene rings is 1. The molecule has 1 aliphatic heterocycles. The highest BCUT2D eigenvalue weighted by Crippen LogP contribution is 2.29. The summed E-state index contributed by atoms with van der Waals surface area (Å²) in [4.78, 5) is 2.44. The lowest BCUT2D eigenvalue weighted by Crippen LogP contribution is -2.38. The lowest BCUT2D eigenvalue weighted by molar-refractivity contribution is -0.137. The summed E-state index contributed by atoms with van der Waals surface area (Å²) in [6.45, 7) is 5.97. The topological polar surface area (TPSA) is 15.3 Å². The zero-order valence-corrected chi connectivity index (χ0v) is 11.7. The monoisotopic (exact) mass is 286 g/mol. The van der Waals surface area contributed by atoms with Crippen molar-refractivity contribution in [1.29, 1.82) is 0 Å². The van der Waals surface area contributed by atoms with Gasteiger partial charge in [0, 0.05) is 19.1 Å². The Hall–Kier alpha value is -1.07. The van der Waals surface area contributed by atoms with Gasteiger partial charge in [-0.1, -0.05) is 12.1 Å². The van der Waals surface area contributed by atoms with Crippen molar-refractivity contribution in [2.45, 2.75) is 38.5 Å². The highest BCUT2D eigenvalue weighted by atomic mass is 19.4. The average Bonchev–Trinajstić information content (AvgIpc) is 2.92. The van der Waals surface area contributed by atoms with E-state index in [0.717, 1.165) is 37.3 Å². The molecule has 0 radical (unpaired) electrons. The van der Waals surface area contributed by atoms with Gasteiger partial charge in [0.2, 0.25) is 0 Å². The van der Waals surface area contributed by atoms with Gasteiger partial charge < -0.3 is 5.32 Å². The van der Waals surface area contributed by atoms with E-state index in [9.17, 15) is 13.2 Å². The van der Waals surface area contributed by atoms with Crippen LogP contribution in [0.15, 0.2) is 24.3 Å². The summed E-state index contributed by atoms with van der Waals surface area (Å²) < 4.78 is 37.3. The first kappa shape index (κ1) is 15.3. The SMILES string of the molecule is CC(CNCc1ccc(C(F)(F)F)cc1)N1CCCC1. The molecule has 1 aromatic rings. The molecule has 1 saturated heterocycles. The molecule has 0 amide bonds. The molecule has 1 aliphatic rings. The van der Waals surface area contributed by atoms with E-state index in [1.807, 2.05) is 0 Å². The summed E-state index contributed by atoms with van der Waals surface area (Å²) in [7, 11) is 0. The van der Waals surface area contributed by atoms with Gasteiger partial charge in [-0.2, -0.15) is 13.2 Å². The lowest BCUT2D eigenvalue weighted by atomic mass is 10.1. The van der Waals surface area contributed by atoms with E-state index in [-0.39, 0.29) is 0 Å². The molecule has 1 atom stereocenters. The third kappa shape index (κ3) is 4.21. The van der Waals surface area contributed by atoms with Crippen LogP contribution in [-0.4, -0.2) is 30.6 Å². The van der Waals surface area contributed by atoms with Gasteiger partial charge in [-0.3, -0.25) is 4.90 Å². The molecule has 0 bridgehead atoms. The normalized spacial score (nSPS) is 18.4. The van der Waals surface area contributed by atoms with Gasteiger partial charge in [0.1, 0.15) is 0 Å². The zero-order chi connectivity index (χ0) is 14.6. The molecule has 1 unspecified atom stereocenters. The Morgan fingerprint density at radius 2 is 1.75 bits per heavy atom. The molecule has 2 nitrogen and oxygen atoms in total. The second-order valence-electron chi connectivity index (χ2n) is 5.42. The lowest BCUT2D eigenvalue weighted by Gasteiger charge is -2.24. The molecule has 1 fully saturated rings. The van der Waals surface area contributed by atoms with E-state index < -0.39 is 11.7 Å². The van der Waals surface area contributed by atoms with Gasteiger partial charge in [0.05, 0.1) is 5.56 Å². The number of nitrogens with one attached hydrogen (secondary N) is 1. The molecule has 5 heteroatoms. The predicted octanol–water partition coefficient (Wildman–Crippen LogP) is 3.28. The molecule has 1 N–H and O–H groups in total. The molecule has 0 saturated carbocycles. The maximum atomic E-state index is 12.4. The number of hydrogen-bond donors (Lipinski definition) is 1. The molecule has 112 valence electrons. The van der Waals surface area contributed by atoms with Crippen LogP contribution >= 0.6 is 0 Å². The molecule has 20 heavy (non-hydrogen) atoms. The Morgan fingerprint density at radius 1 is 1.15 bits per heavy atom. The molecule has 0 aliphatic carbocycles. The fraction of sp³-hybridized carbons (Fsp3) is 0.600. The van der Waals surface area contributed by atoms with Crippen molar-refractivity contribution in [2.24, 2.45) is 0 Å². The van der Waals surface area contributed by atoms with Crippen LogP contribution in [0.3, 0.4) is 0 Å². The van der Waals surface area contributed by atoms with Gasteiger partial charge >= 0.3 is 6.18 Å². The largest absolute Gasteiger partial charge is 0.416 e. The summed E-state index contributed by atoms with van der Waals surface area (Å²) >= 11 is 0. The van der Waals surface area contributed by atoms with Gasteiger partial charge in [-0.05, 0) is 50.6 Å². The molecular formula is C15H21F3N2. The van der Waals surface area contributed by atoms with E-state index in [1.165, 1.54) is 25.0 Å². The van der Waals surface area contributed by atoms with E-state index in [1.54, 1.807) is 0 Å². The van der Waals surface area contributed by atoms with Gasteiger partial charge in [-0.15, -0.1) is 0 Å². The fourth-order valence-corrected chi connectivity index (χ4v) is 2.55. The van der Waals surface area contributed by atoms with Crippen LogP contribution in [0.2, 0.25) is 0 Å². The molecule has 0 aromatic heterocycles. The molecule has 1 heterocycles. The van der Waals surface area contributed by atoms with Crippen LogP contribution in [-0.2, 0) is 12.7 Å². The van der Waals surface area contributed by atoms with Crippen molar-refractivity contribution in [3.8, 4) is 0 Å². The number of likely N-dealkylation sites (tertiary alicyclic amines) is 1. The molecule has 2 rings (SSSR count). The zero-order valence-electron chi connectivity index (χ0n) is 11.7. The van der Waals surface area contributed by atoms with Crippen LogP contribution in [0.1, 0.15) is 30.9 Å². The minimum atomic E-state index is -4.25. The van der Waals surface area contributed by atoms with Crippen LogP contribution in [0.25, 0.3) is 0 Å². The summed E-state index contributed by atoms with van der Waals surface area (Å²) in [5.41, 5.74) is 0.290. The Kier molecular flexibility index (Phi) is 5.05. The van der Waals surface area contributed by atoms with Gasteiger partial charge in [0.15, 0.2) is 0 Å². The molecule has 0 spiro atoms. The third-order valence-electron chi connectivity index (χ3n) is 3.81. The Labute approximate surface area is 118 Å². The Bertz CT molecular complexity index is 408. The number of hydrogen-bond acceptors (Lipinski definition) is 2. The second-order valence-corrected chi connectivity index (χ2v) is 5.42. The first-order chi connectivity index (χ1) is 9.47. The van der Waals surface area contributed by atoms with Crippen molar-refractivity contribution in [2.75, 3.05) is 19.6 Å². The molecule has 1 aromatic carbocycles. The summed E-state index contributed by atoms with van der Waals surface area (Å²) in [5, 5.41) is 3.31. The van der Waals surface area contributed by atoms with E-state index in [4.69, 9.17) is 0 Å². The first-order valence-electron chi connectivity index (χ1n) is 7.08. The predicted molar refractivity (Wildman–Crippen MR) is 73.4 cm³/mol. The fourth-order valence-electron chi connectivity index (χ4n) is 2.55. The van der Waals surface area contributed by atoms with Crippen LogP contribution in [0.5, 0.6) is 0 Å². The minimum Gasteiger partial charge on any atom is -0.311 e. The quantitative estimate of drug-likeness (QED) is 0.893. The highest BCUT2D eigenvalue weighted by Gasteiger charge is 2.29. The van der Waals surface area contributed by atoms with Gasteiger partial charge in [0.25, 0.3) is 0 Å². The van der Waals surface area contributed by atoms with Gasteiger partial charge in [-0.25, -0.2) is 0 Å². The number of rotatable bonds is 5. The Morgan fingerprint density at radius 3 is 2.30 bits per heavy atom. The maximum Gasteiger partial charge on any atom is 0.416 e. The number of halogens is 3. The van der Waals surface area contributed by atoms with Crippen LogP contribution in [0, 0.1) is 0 Å². The number of nitrogens with zero attached hydrogens (tertiary/aromatic N) is 1. The average molecular weight is 286 g/mol. The standard InChI is InChI=1S/C15H21F3N2/c1-12(20-8-2-3-9-20)10-19-11-13-4-6-14(7-5-13)15(16,17)18/h4-7,12,19H,2-3,8-11H2,1H3. The van der Waals surface area contributed by atoms with Crippen LogP contribution < -0.4 is 5.32 Å². The summed E-state index contributed by atoms with van der Waals surface area (Å²) in [5.74, 6) is 0.